The Kier molecular flexibility index (Phi) is 20.8. The van der Waals surface area contributed by atoms with Gasteiger partial charge in [-0.15, -0.1) is 11.6 Å². The maximum Gasteiger partial charge on any atom is 0.199 e. The Morgan fingerprint density at radius 2 is 1.45 bits per heavy atom. The number of hydrogen-bond acceptors (Lipinski definition) is 3. The molecule has 0 saturated carbocycles. The average molecular weight is 609 g/mol. The zero-order chi connectivity index (χ0) is 23.6. The summed E-state index contributed by atoms with van der Waals surface area (Å²) in [5.74, 6) is -0.338. The molecule has 1 rings (SSSR count). The largest absolute Gasteiger partial charge is 1.00 e. The third kappa shape index (κ3) is 14.0. The second-order valence-corrected chi connectivity index (χ2v) is 10.6. The van der Waals surface area contributed by atoms with E-state index in [1.54, 1.807) is 0 Å². The second-order valence-electron chi connectivity index (χ2n) is 8.98. The van der Waals surface area contributed by atoms with Gasteiger partial charge in [-0.3, -0.25) is 0 Å². The quantitative estimate of drug-likeness (QED) is 0.143. The number of nitrogens with two attached hydrogens (primary N) is 1. The number of pyridine rings is 1. The molecule has 0 radical (unpaired) electrons. The molecular weight excluding hydrogens is 564 g/mol. The smallest absolute Gasteiger partial charge is 0.199 e. The molecule has 4 nitrogen and oxygen atoms in total. The van der Waals surface area contributed by atoms with Crippen LogP contribution in [0.1, 0.15) is 97.3 Å². The molecule has 0 aliphatic rings. The zero-order valence-electron chi connectivity index (χ0n) is 20.6. The number of unbranched alkanes of at least 4 members (excludes halogenated alkanes) is 9. The summed E-state index contributed by atoms with van der Waals surface area (Å²) < 4.78 is 1.90. The molecule has 1 heterocycles. The summed E-state index contributed by atoms with van der Waals surface area (Å²) in [4.78, 5) is -0.0447. The van der Waals surface area contributed by atoms with Gasteiger partial charge in [-0.1, -0.05) is 111 Å². The van der Waals surface area contributed by atoms with Gasteiger partial charge in [0.2, 0.25) is 0 Å². The third-order valence-corrected chi connectivity index (χ3v) is 7.90. The van der Waals surface area contributed by atoms with E-state index in [2.05, 4.69) is 41.3 Å². The Labute approximate surface area is 226 Å². The highest BCUT2D eigenvalue weighted by Crippen LogP contribution is 2.27. The number of nitriles is 1. The Bertz CT molecular complexity index is 614. The SMILES string of the molecule is CCCCCCCCCCCC(N)C(Br)C(N[n+]1ccccc1)C(C#N)C(Cl)CCCC.[Br-]. The molecule has 0 saturated heterocycles. The molecule has 0 fully saturated rings. The molecule has 5 atom stereocenters. The molecule has 0 aromatic carbocycles. The Morgan fingerprint density at radius 1 is 0.909 bits per heavy atom. The first-order valence-electron chi connectivity index (χ1n) is 12.7. The summed E-state index contributed by atoms with van der Waals surface area (Å²) in [5.41, 5.74) is 10.1. The molecular formula is C26H45Br2ClN4. The molecule has 0 aliphatic heterocycles. The van der Waals surface area contributed by atoms with Crippen molar-refractivity contribution in [2.75, 3.05) is 5.43 Å². The summed E-state index contributed by atoms with van der Waals surface area (Å²) in [6.45, 7) is 4.41. The molecule has 1 aromatic heterocycles. The monoisotopic (exact) mass is 606 g/mol. The fraction of sp³-hybridized carbons (Fsp3) is 0.769. The van der Waals surface area contributed by atoms with E-state index in [1.807, 2.05) is 35.3 Å². The van der Waals surface area contributed by atoms with Crippen LogP contribution in [-0.4, -0.2) is 22.3 Å². The predicted octanol–water partition coefficient (Wildman–Crippen LogP) is 3.84. The van der Waals surface area contributed by atoms with E-state index in [1.165, 1.54) is 51.4 Å². The van der Waals surface area contributed by atoms with Crippen LogP contribution < -0.4 is 32.8 Å². The molecule has 0 aliphatic carbocycles. The highest BCUT2D eigenvalue weighted by atomic mass is 79.9. The molecule has 33 heavy (non-hydrogen) atoms. The molecule has 0 amide bonds. The van der Waals surface area contributed by atoms with Crippen molar-refractivity contribution in [3.8, 4) is 6.07 Å². The van der Waals surface area contributed by atoms with E-state index in [-0.39, 0.29) is 45.2 Å². The van der Waals surface area contributed by atoms with Gasteiger partial charge in [0, 0.05) is 18.2 Å². The van der Waals surface area contributed by atoms with Gasteiger partial charge in [-0.25, -0.2) is 0 Å². The fourth-order valence-electron chi connectivity index (χ4n) is 4.09. The highest BCUT2D eigenvalue weighted by Gasteiger charge is 2.38. The van der Waals surface area contributed by atoms with Gasteiger partial charge in [0.05, 0.1) is 22.2 Å². The number of nitrogens with zero attached hydrogens (tertiary/aromatic N) is 2. The normalized spacial score (nSPS) is 15.5. The lowest BCUT2D eigenvalue weighted by Crippen LogP contribution is -3.00. The highest BCUT2D eigenvalue weighted by molar-refractivity contribution is 9.09. The first kappa shape index (κ1) is 32.7. The molecule has 7 heteroatoms. The standard InChI is InChI=1S/C26H45BrClN4.BrH/c1-3-5-7-8-9-10-11-12-14-18-24(30)25(27)26(31-32-19-15-13-16-20-32)22(21-29)23(28)17-6-4-2;/h13,15-16,19-20,22-26,31H,3-12,14,17-18,30H2,1-2H3;1H/q+1;/p-1. The summed E-state index contributed by atoms with van der Waals surface area (Å²) in [7, 11) is 0. The Morgan fingerprint density at radius 3 is 2.00 bits per heavy atom. The van der Waals surface area contributed by atoms with Crippen LogP contribution in [-0.2, 0) is 0 Å². The van der Waals surface area contributed by atoms with Crippen LogP contribution in [0, 0.1) is 17.2 Å². The van der Waals surface area contributed by atoms with Crippen LogP contribution in [0.25, 0.3) is 0 Å². The van der Waals surface area contributed by atoms with Gasteiger partial charge in [-0.2, -0.15) is 10.7 Å². The van der Waals surface area contributed by atoms with Gasteiger partial charge < -0.3 is 22.7 Å². The van der Waals surface area contributed by atoms with Crippen LogP contribution in [0.2, 0.25) is 0 Å². The summed E-state index contributed by atoms with van der Waals surface area (Å²) in [6, 6.07) is 8.17. The van der Waals surface area contributed by atoms with Crippen molar-refractivity contribution in [3.05, 3.63) is 30.6 Å². The minimum atomic E-state index is -0.338. The van der Waals surface area contributed by atoms with E-state index in [0.29, 0.717) is 0 Å². The summed E-state index contributed by atoms with van der Waals surface area (Å²) in [5, 5.41) is 9.77. The van der Waals surface area contributed by atoms with E-state index >= 15 is 0 Å². The van der Waals surface area contributed by atoms with E-state index in [9.17, 15) is 5.26 Å². The minimum Gasteiger partial charge on any atom is -1.00 e. The zero-order valence-corrected chi connectivity index (χ0v) is 24.5. The lowest BCUT2D eigenvalue weighted by molar-refractivity contribution is -0.654. The van der Waals surface area contributed by atoms with Gasteiger partial charge in [0.25, 0.3) is 0 Å². The minimum absolute atomic E-state index is 0. The number of nitrogens with one attached hydrogen (secondary N) is 1. The van der Waals surface area contributed by atoms with Crippen LogP contribution in [0.4, 0.5) is 0 Å². The van der Waals surface area contributed by atoms with Gasteiger partial charge >= 0.3 is 0 Å². The molecule has 3 N–H and O–H groups in total. The predicted molar refractivity (Wildman–Crippen MR) is 141 cm³/mol. The first-order chi connectivity index (χ1) is 15.5. The summed E-state index contributed by atoms with van der Waals surface area (Å²) in [6.07, 6.45) is 19.5. The lowest BCUT2D eigenvalue weighted by Gasteiger charge is -2.31. The van der Waals surface area contributed by atoms with Gasteiger partial charge in [-0.05, 0) is 12.8 Å². The van der Waals surface area contributed by atoms with E-state index < -0.39 is 0 Å². The molecule has 0 bridgehead atoms. The van der Waals surface area contributed by atoms with Crippen molar-refractivity contribution >= 4 is 27.5 Å². The first-order valence-corrected chi connectivity index (χ1v) is 14.1. The number of rotatable bonds is 19. The van der Waals surface area contributed by atoms with Gasteiger partial charge in [0.1, 0.15) is 6.04 Å². The van der Waals surface area contributed by atoms with Crippen LogP contribution in [0.15, 0.2) is 30.6 Å². The Balaban J connectivity index is 0.0000102. The summed E-state index contributed by atoms with van der Waals surface area (Å²) >= 11 is 10.6. The molecule has 5 unspecified atom stereocenters. The number of alkyl halides is 2. The Hall–Kier alpha value is -0.350. The topological polar surface area (TPSA) is 65.7 Å². The van der Waals surface area contributed by atoms with Crippen molar-refractivity contribution in [3.63, 3.8) is 0 Å². The maximum absolute atomic E-state index is 9.98. The van der Waals surface area contributed by atoms with Crippen molar-refractivity contribution in [1.82, 2.24) is 0 Å². The number of hydrogen-bond donors (Lipinski definition) is 2. The van der Waals surface area contributed by atoms with E-state index in [0.717, 1.165) is 32.1 Å². The molecule has 190 valence electrons. The van der Waals surface area contributed by atoms with Crippen molar-refractivity contribution in [2.24, 2.45) is 11.7 Å². The van der Waals surface area contributed by atoms with Crippen molar-refractivity contribution in [1.29, 1.82) is 5.26 Å². The average Bonchev–Trinajstić information content (AvgIpc) is 2.81. The van der Waals surface area contributed by atoms with Gasteiger partial charge in [0.15, 0.2) is 12.4 Å². The van der Waals surface area contributed by atoms with Crippen LogP contribution in [0.5, 0.6) is 0 Å². The van der Waals surface area contributed by atoms with E-state index in [4.69, 9.17) is 17.3 Å². The lowest BCUT2D eigenvalue weighted by atomic mass is 9.88. The maximum atomic E-state index is 9.98. The van der Waals surface area contributed by atoms with Crippen LogP contribution in [0.3, 0.4) is 0 Å². The fourth-order valence-corrected chi connectivity index (χ4v) is 5.17. The van der Waals surface area contributed by atoms with Crippen molar-refractivity contribution < 1.29 is 21.7 Å². The van der Waals surface area contributed by atoms with Crippen molar-refractivity contribution in [2.45, 2.75) is 120 Å². The second kappa shape index (κ2) is 21.0. The number of halogens is 3. The third-order valence-electron chi connectivity index (χ3n) is 6.17. The van der Waals surface area contributed by atoms with Crippen LogP contribution >= 0.6 is 27.5 Å². The molecule has 1 aromatic rings. The number of aromatic nitrogens is 1. The molecule has 0 spiro atoms.